The summed E-state index contributed by atoms with van der Waals surface area (Å²) in [6.45, 7) is 2.01. The molecule has 0 spiro atoms. The Morgan fingerprint density at radius 3 is 2.81 bits per heavy atom. The largest absolute Gasteiger partial charge is 0.481 e. The molecule has 0 fully saturated rings. The molecule has 0 amide bonds. The lowest BCUT2D eigenvalue weighted by molar-refractivity contribution is -0.138. The molecular formula is C12H15ClO3. The van der Waals surface area contributed by atoms with Crippen molar-refractivity contribution >= 4 is 23.4 Å². The van der Waals surface area contributed by atoms with Gasteiger partial charge in [-0.05, 0) is 18.8 Å². The fourth-order valence-electron chi connectivity index (χ4n) is 1.85. The van der Waals surface area contributed by atoms with Gasteiger partial charge in [-0.15, -0.1) is 0 Å². The van der Waals surface area contributed by atoms with E-state index in [1.165, 1.54) is 0 Å². The van der Waals surface area contributed by atoms with Gasteiger partial charge in [0.05, 0.1) is 11.5 Å². The summed E-state index contributed by atoms with van der Waals surface area (Å²) in [4.78, 5) is 22.3. The lowest BCUT2D eigenvalue weighted by Crippen LogP contribution is -2.18. The highest BCUT2D eigenvalue weighted by Crippen LogP contribution is 2.34. The van der Waals surface area contributed by atoms with Gasteiger partial charge in [-0.25, -0.2) is 0 Å². The van der Waals surface area contributed by atoms with Crippen LogP contribution in [0.4, 0.5) is 0 Å². The van der Waals surface area contributed by atoms with E-state index >= 15 is 0 Å². The Kier molecular flexibility index (Phi) is 4.74. The number of Topliss-reactive ketones (excluding diaryl/α,β-unsaturated/α-hetero) is 1. The number of carboxylic acids is 1. The van der Waals surface area contributed by atoms with Crippen LogP contribution in [0, 0.1) is 11.8 Å². The zero-order chi connectivity index (χ0) is 12.1. The predicted octanol–water partition coefficient (Wildman–Crippen LogP) is 2.76. The van der Waals surface area contributed by atoms with E-state index < -0.39 is 5.97 Å². The molecule has 0 aromatic carbocycles. The normalized spacial score (nSPS) is 25.1. The molecule has 16 heavy (non-hydrogen) atoms. The van der Waals surface area contributed by atoms with Crippen molar-refractivity contribution in [3.63, 3.8) is 0 Å². The van der Waals surface area contributed by atoms with E-state index in [9.17, 15) is 9.59 Å². The molecule has 0 aromatic rings. The van der Waals surface area contributed by atoms with Crippen LogP contribution in [0.2, 0.25) is 0 Å². The second kappa shape index (κ2) is 5.85. The summed E-state index contributed by atoms with van der Waals surface area (Å²) in [7, 11) is 0. The molecule has 0 saturated carbocycles. The number of ketones is 1. The fourth-order valence-corrected chi connectivity index (χ4v) is 2.15. The number of allylic oxidation sites excluding steroid dienone is 4. The van der Waals surface area contributed by atoms with Gasteiger partial charge in [0.2, 0.25) is 0 Å². The Morgan fingerprint density at radius 1 is 1.56 bits per heavy atom. The standard InChI is InChI=1S/C12H15ClO3/c1-2-3-4-5-9-8(7-11(14)15)6-10(13)12(9)16/h3-4,6,8-9H,2,5,7H2,1H3,(H,14,15)/b4-3-. The van der Waals surface area contributed by atoms with Crippen molar-refractivity contribution < 1.29 is 14.7 Å². The van der Waals surface area contributed by atoms with Crippen molar-refractivity contribution in [3.05, 3.63) is 23.3 Å². The Labute approximate surface area is 99.8 Å². The molecule has 0 radical (unpaired) electrons. The molecule has 0 heterocycles. The third-order valence-corrected chi connectivity index (χ3v) is 2.96. The summed E-state index contributed by atoms with van der Waals surface area (Å²) in [6, 6.07) is 0. The third-order valence-electron chi connectivity index (χ3n) is 2.65. The van der Waals surface area contributed by atoms with Gasteiger partial charge in [0.25, 0.3) is 0 Å². The van der Waals surface area contributed by atoms with E-state index in [4.69, 9.17) is 16.7 Å². The number of carbonyl (C=O) groups excluding carboxylic acids is 1. The molecule has 1 aliphatic rings. The molecule has 0 aliphatic heterocycles. The van der Waals surface area contributed by atoms with Gasteiger partial charge < -0.3 is 5.11 Å². The molecular weight excluding hydrogens is 228 g/mol. The highest BCUT2D eigenvalue weighted by atomic mass is 35.5. The number of halogens is 1. The van der Waals surface area contributed by atoms with Crippen molar-refractivity contribution in [2.75, 3.05) is 0 Å². The van der Waals surface area contributed by atoms with Gasteiger partial charge in [-0.2, -0.15) is 0 Å². The molecule has 1 rings (SSSR count). The van der Waals surface area contributed by atoms with E-state index in [2.05, 4.69) is 0 Å². The topological polar surface area (TPSA) is 54.4 Å². The first-order valence-corrected chi connectivity index (χ1v) is 5.72. The molecule has 88 valence electrons. The third kappa shape index (κ3) is 3.20. The summed E-state index contributed by atoms with van der Waals surface area (Å²) in [5.74, 6) is -1.59. The van der Waals surface area contributed by atoms with Crippen molar-refractivity contribution in [3.8, 4) is 0 Å². The quantitative estimate of drug-likeness (QED) is 0.755. The second-order valence-electron chi connectivity index (χ2n) is 3.86. The zero-order valence-corrected chi connectivity index (χ0v) is 9.91. The monoisotopic (exact) mass is 242 g/mol. The minimum absolute atomic E-state index is 0.0351. The van der Waals surface area contributed by atoms with Crippen LogP contribution < -0.4 is 0 Å². The average molecular weight is 243 g/mol. The smallest absolute Gasteiger partial charge is 0.303 e. The van der Waals surface area contributed by atoms with Crippen LogP contribution in [0.3, 0.4) is 0 Å². The molecule has 3 nitrogen and oxygen atoms in total. The van der Waals surface area contributed by atoms with Crippen LogP contribution in [-0.4, -0.2) is 16.9 Å². The minimum atomic E-state index is -0.898. The summed E-state index contributed by atoms with van der Waals surface area (Å²) in [5.41, 5.74) is 0. The number of carbonyl (C=O) groups is 2. The van der Waals surface area contributed by atoms with Gasteiger partial charge in [0, 0.05) is 5.92 Å². The predicted molar refractivity (Wildman–Crippen MR) is 62.2 cm³/mol. The highest BCUT2D eigenvalue weighted by Gasteiger charge is 2.35. The Bertz CT molecular complexity index is 344. The maximum Gasteiger partial charge on any atom is 0.303 e. The average Bonchev–Trinajstić information content (AvgIpc) is 2.45. The minimum Gasteiger partial charge on any atom is -0.481 e. The summed E-state index contributed by atoms with van der Waals surface area (Å²) < 4.78 is 0. The first-order chi connectivity index (χ1) is 7.56. The van der Waals surface area contributed by atoms with E-state index in [0.29, 0.717) is 6.42 Å². The van der Waals surface area contributed by atoms with Crippen molar-refractivity contribution in [1.29, 1.82) is 0 Å². The molecule has 2 unspecified atom stereocenters. The lowest BCUT2D eigenvalue weighted by Gasteiger charge is -2.13. The van der Waals surface area contributed by atoms with Crippen LogP contribution in [0.5, 0.6) is 0 Å². The SMILES string of the molecule is CC/C=C\CC1C(=O)C(Cl)=CC1CC(=O)O. The number of hydrogen-bond donors (Lipinski definition) is 1. The van der Waals surface area contributed by atoms with Gasteiger partial charge in [0.15, 0.2) is 5.78 Å². The second-order valence-corrected chi connectivity index (χ2v) is 4.27. The maximum atomic E-state index is 11.7. The van der Waals surface area contributed by atoms with Crippen LogP contribution >= 0.6 is 11.6 Å². The summed E-state index contributed by atoms with van der Waals surface area (Å²) >= 11 is 5.74. The summed E-state index contributed by atoms with van der Waals surface area (Å²) in [5, 5.41) is 8.92. The van der Waals surface area contributed by atoms with Crippen LogP contribution in [0.25, 0.3) is 0 Å². The van der Waals surface area contributed by atoms with Crippen LogP contribution in [0.1, 0.15) is 26.2 Å². The van der Waals surface area contributed by atoms with E-state index in [1.807, 2.05) is 19.1 Å². The lowest BCUT2D eigenvalue weighted by atomic mass is 9.89. The van der Waals surface area contributed by atoms with E-state index in [0.717, 1.165) is 6.42 Å². The Hall–Kier alpha value is -1.09. The van der Waals surface area contributed by atoms with Crippen LogP contribution in [-0.2, 0) is 9.59 Å². The Morgan fingerprint density at radius 2 is 2.25 bits per heavy atom. The molecule has 1 aliphatic carbocycles. The maximum absolute atomic E-state index is 11.7. The van der Waals surface area contributed by atoms with Gasteiger partial charge in [0.1, 0.15) is 0 Å². The van der Waals surface area contributed by atoms with Crippen molar-refractivity contribution in [2.24, 2.45) is 11.8 Å². The first-order valence-electron chi connectivity index (χ1n) is 5.34. The molecule has 0 aromatic heterocycles. The van der Waals surface area contributed by atoms with Crippen molar-refractivity contribution in [2.45, 2.75) is 26.2 Å². The van der Waals surface area contributed by atoms with Crippen molar-refractivity contribution in [1.82, 2.24) is 0 Å². The number of rotatable bonds is 5. The highest BCUT2D eigenvalue weighted by molar-refractivity contribution is 6.43. The molecule has 1 N–H and O–H groups in total. The van der Waals surface area contributed by atoms with Crippen LogP contribution in [0.15, 0.2) is 23.3 Å². The molecule has 0 bridgehead atoms. The first kappa shape index (κ1) is 13.0. The van der Waals surface area contributed by atoms with E-state index in [1.54, 1.807) is 6.08 Å². The van der Waals surface area contributed by atoms with E-state index in [-0.39, 0.29) is 29.1 Å². The molecule has 2 atom stereocenters. The number of aliphatic carboxylic acids is 1. The molecule has 0 saturated heterocycles. The zero-order valence-electron chi connectivity index (χ0n) is 9.15. The number of hydrogen-bond acceptors (Lipinski definition) is 2. The Balaban J connectivity index is 2.68. The van der Waals surface area contributed by atoms with Gasteiger partial charge >= 0.3 is 5.97 Å². The molecule has 4 heteroatoms. The van der Waals surface area contributed by atoms with Gasteiger partial charge in [-0.1, -0.05) is 36.8 Å². The number of carboxylic acid groups (broad SMARTS) is 1. The summed E-state index contributed by atoms with van der Waals surface area (Å²) in [6.07, 6.45) is 6.90. The van der Waals surface area contributed by atoms with Gasteiger partial charge in [-0.3, -0.25) is 9.59 Å². The fraction of sp³-hybridized carbons (Fsp3) is 0.500.